The third-order valence-corrected chi connectivity index (χ3v) is 2.19. The highest BCUT2D eigenvalue weighted by Crippen LogP contribution is 2.08. The van der Waals surface area contributed by atoms with E-state index in [9.17, 15) is 8.78 Å². The maximum atomic E-state index is 12.8. The van der Waals surface area contributed by atoms with Gasteiger partial charge in [0.25, 0.3) is 0 Å². The van der Waals surface area contributed by atoms with Gasteiger partial charge < -0.3 is 5.32 Å². The molecule has 0 aliphatic rings. The molecule has 0 fully saturated rings. The van der Waals surface area contributed by atoms with E-state index in [1.807, 2.05) is 6.92 Å². The molecule has 1 N–H and O–H groups in total. The zero-order chi connectivity index (χ0) is 11.3. The molecular weight excluding hydrogens is 196 g/mol. The van der Waals surface area contributed by atoms with E-state index >= 15 is 0 Å². The van der Waals surface area contributed by atoms with Gasteiger partial charge in [-0.25, -0.2) is 8.78 Å². The number of rotatable bonds is 5. The molecule has 0 atom stereocenters. The van der Waals surface area contributed by atoms with Crippen LogP contribution in [0.3, 0.4) is 0 Å². The van der Waals surface area contributed by atoms with E-state index in [1.54, 1.807) is 6.07 Å². The van der Waals surface area contributed by atoms with Crippen LogP contribution in [-0.2, 0) is 6.54 Å². The van der Waals surface area contributed by atoms with Crippen molar-refractivity contribution in [1.29, 1.82) is 0 Å². The van der Waals surface area contributed by atoms with Crippen LogP contribution in [0.5, 0.6) is 0 Å². The van der Waals surface area contributed by atoms with Crippen molar-refractivity contribution >= 4 is 0 Å². The quantitative estimate of drug-likeness (QED) is 0.738. The molecule has 0 heterocycles. The molecule has 1 aromatic carbocycles. The predicted octanol–water partition coefficient (Wildman–Crippen LogP) is 3.02. The molecule has 1 nitrogen and oxygen atoms in total. The molecule has 0 bridgehead atoms. The van der Waals surface area contributed by atoms with Crippen molar-refractivity contribution in [3.8, 4) is 0 Å². The lowest BCUT2D eigenvalue weighted by atomic mass is 10.2. The van der Waals surface area contributed by atoms with Crippen LogP contribution in [-0.4, -0.2) is 6.54 Å². The number of benzene rings is 1. The summed E-state index contributed by atoms with van der Waals surface area (Å²) in [7, 11) is 0. The van der Waals surface area contributed by atoms with Gasteiger partial charge >= 0.3 is 0 Å². The molecule has 0 saturated heterocycles. The second kappa shape index (κ2) is 5.61. The topological polar surface area (TPSA) is 12.0 Å². The van der Waals surface area contributed by atoms with E-state index in [2.05, 4.69) is 11.9 Å². The fourth-order valence-corrected chi connectivity index (χ4v) is 1.16. The Morgan fingerprint density at radius 1 is 1.33 bits per heavy atom. The van der Waals surface area contributed by atoms with Crippen molar-refractivity contribution in [3.05, 3.63) is 47.5 Å². The Morgan fingerprint density at radius 2 is 2.07 bits per heavy atom. The highest BCUT2D eigenvalue weighted by molar-refractivity contribution is 5.17. The van der Waals surface area contributed by atoms with Gasteiger partial charge in [0.1, 0.15) is 0 Å². The summed E-state index contributed by atoms with van der Waals surface area (Å²) in [4.78, 5) is 0. The fraction of sp³-hybridized carbons (Fsp3) is 0.333. The Labute approximate surface area is 88.8 Å². The van der Waals surface area contributed by atoms with Gasteiger partial charge in [-0.15, -0.1) is 0 Å². The largest absolute Gasteiger partial charge is 0.309 e. The monoisotopic (exact) mass is 211 g/mol. The number of halogens is 2. The number of hydrogen-bond donors (Lipinski definition) is 1. The highest BCUT2D eigenvalue weighted by Gasteiger charge is 2.01. The molecule has 0 aliphatic carbocycles. The van der Waals surface area contributed by atoms with Crippen LogP contribution in [0.25, 0.3) is 0 Å². The fourth-order valence-electron chi connectivity index (χ4n) is 1.16. The van der Waals surface area contributed by atoms with Crippen LogP contribution in [0.4, 0.5) is 8.78 Å². The molecule has 15 heavy (non-hydrogen) atoms. The summed E-state index contributed by atoms with van der Waals surface area (Å²) >= 11 is 0. The van der Waals surface area contributed by atoms with E-state index in [4.69, 9.17) is 0 Å². The third-order valence-electron chi connectivity index (χ3n) is 2.19. The van der Waals surface area contributed by atoms with Crippen molar-refractivity contribution in [2.24, 2.45) is 0 Å². The summed E-state index contributed by atoms with van der Waals surface area (Å²) in [6.45, 7) is 7.10. The lowest BCUT2D eigenvalue weighted by Gasteiger charge is -2.06. The van der Waals surface area contributed by atoms with Crippen molar-refractivity contribution in [3.63, 3.8) is 0 Å². The van der Waals surface area contributed by atoms with Gasteiger partial charge in [-0.3, -0.25) is 0 Å². The Kier molecular flexibility index (Phi) is 4.43. The first kappa shape index (κ1) is 11.9. The molecule has 3 heteroatoms. The minimum atomic E-state index is -0.809. The molecule has 82 valence electrons. The molecule has 1 rings (SSSR count). The van der Waals surface area contributed by atoms with Gasteiger partial charge in [-0.1, -0.05) is 25.1 Å². The minimum absolute atomic E-state index is 0.524. The standard InChI is InChI=1S/C12H15F2N/c1-3-9(2)7-15-8-10-4-5-11(13)12(14)6-10/h4-6,15H,2-3,7-8H2,1H3. The molecule has 0 amide bonds. The van der Waals surface area contributed by atoms with E-state index in [0.29, 0.717) is 13.1 Å². The van der Waals surface area contributed by atoms with E-state index < -0.39 is 11.6 Å². The first-order valence-corrected chi connectivity index (χ1v) is 4.94. The van der Waals surface area contributed by atoms with E-state index in [-0.39, 0.29) is 0 Å². The first-order chi connectivity index (χ1) is 7.13. The van der Waals surface area contributed by atoms with Crippen LogP contribution < -0.4 is 5.32 Å². The second-order valence-electron chi connectivity index (χ2n) is 3.46. The van der Waals surface area contributed by atoms with Gasteiger partial charge in [0.2, 0.25) is 0 Å². The summed E-state index contributed by atoms with van der Waals surface area (Å²) in [6, 6.07) is 3.91. The third kappa shape index (κ3) is 3.80. The van der Waals surface area contributed by atoms with E-state index in [1.165, 1.54) is 6.07 Å². The molecule has 0 aromatic heterocycles. The molecule has 1 aromatic rings. The summed E-state index contributed by atoms with van der Waals surface area (Å²) in [5.41, 5.74) is 1.83. The first-order valence-electron chi connectivity index (χ1n) is 4.94. The number of nitrogens with one attached hydrogen (secondary N) is 1. The lowest BCUT2D eigenvalue weighted by Crippen LogP contribution is -2.16. The Bertz CT molecular complexity index is 347. The molecule has 0 radical (unpaired) electrons. The average molecular weight is 211 g/mol. The van der Waals surface area contributed by atoms with Crippen LogP contribution in [0.2, 0.25) is 0 Å². The second-order valence-corrected chi connectivity index (χ2v) is 3.46. The van der Waals surface area contributed by atoms with E-state index in [0.717, 1.165) is 23.6 Å². The number of hydrogen-bond acceptors (Lipinski definition) is 1. The molecule has 0 spiro atoms. The zero-order valence-electron chi connectivity index (χ0n) is 8.82. The molecule has 0 unspecified atom stereocenters. The summed E-state index contributed by atoms with van der Waals surface area (Å²) in [5.74, 6) is -1.61. The minimum Gasteiger partial charge on any atom is -0.309 e. The van der Waals surface area contributed by atoms with Crippen molar-refractivity contribution in [2.75, 3.05) is 6.54 Å². The predicted molar refractivity (Wildman–Crippen MR) is 57.5 cm³/mol. The highest BCUT2D eigenvalue weighted by atomic mass is 19.2. The Balaban J connectivity index is 2.44. The van der Waals surface area contributed by atoms with Crippen LogP contribution >= 0.6 is 0 Å². The van der Waals surface area contributed by atoms with Gasteiger partial charge in [0, 0.05) is 13.1 Å². The van der Waals surface area contributed by atoms with Gasteiger partial charge in [0.15, 0.2) is 11.6 Å². The lowest BCUT2D eigenvalue weighted by molar-refractivity contribution is 0.506. The summed E-state index contributed by atoms with van der Waals surface area (Å²) in [5, 5.41) is 3.11. The molecular formula is C12H15F2N. The van der Waals surface area contributed by atoms with Crippen molar-refractivity contribution < 1.29 is 8.78 Å². The maximum Gasteiger partial charge on any atom is 0.159 e. The van der Waals surface area contributed by atoms with Gasteiger partial charge in [0.05, 0.1) is 0 Å². The molecule has 0 aliphatic heterocycles. The average Bonchev–Trinajstić information content (AvgIpc) is 2.23. The van der Waals surface area contributed by atoms with Crippen LogP contribution in [0, 0.1) is 11.6 Å². The molecule has 0 saturated carbocycles. The normalized spacial score (nSPS) is 10.3. The SMILES string of the molecule is C=C(CC)CNCc1ccc(F)c(F)c1. The van der Waals surface area contributed by atoms with Gasteiger partial charge in [-0.05, 0) is 24.1 Å². The smallest absolute Gasteiger partial charge is 0.159 e. The van der Waals surface area contributed by atoms with Crippen molar-refractivity contribution in [2.45, 2.75) is 19.9 Å². The van der Waals surface area contributed by atoms with Crippen molar-refractivity contribution in [1.82, 2.24) is 5.32 Å². The summed E-state index contributed by atoms with van der Waals surface area (Å²) in [6.07, 6.45) is 0.921. The van der Waals surface area contributed by atoms with Gasteiger partial charge in [-0.2, -0.15) is 0 Å². The van der Waals surface area contributed by atoms with Crippen LogP contribution in [0.15, 0.2) is 30.4 Å². The Morgan fingerprint density at radius 3 is 2.67 bits per heavy atom. The maximum absolute atomic E-state index is 12.8. The van der Waals surface area contributed by atoms with Crippen LogP contribution in [0.1, 0.15) is 18.9 Å². The summed E-state index contributed by atoms with van der Waals surface area (Å²) < 4.78 is 25.4. The zero-order valence-corrected chi connectivity index (χ0v) is 8.82. The Hall–Kier alpha value is -1.22.